The molecular formula is C17H25IO2. The molecule has 1 aliphatic carbocycles. The van der Waals surface area contributed by atoms with E-state index in [9.17, 15) is 10.2 Å². The van der Waals surface area contributed by atoms with Gasteiger partial charge in [0.25, 0.3) is 0 Å². The van der Waals surface area contributed by atoms with Crippen LogP contribution in [0, 0.1) is 21.3 Å². The normalized spacial score (nSPS) is 31.0. The highest BCUT2D eigenvalue weighted by atomic mass is 127. The van der Waals surface area contributed by atoms with E-state index in [1.54, 1.807) is 0 Å². The molecule has 0 aromatic heterocycles. The fourth-order valence-electron chi connectivity index (χ4n) is 3.56. The van der Waals surface area contributed by atoms with E-state index in [1.807, 2.05) is 0 Å². The third-order valence-corrected chi connectivity index (χ3v) is 5.48. The summed E-state index contributed by atoms with van der Waals surface area (Å²) < 4.78 is 1.26. The highest BCUT2D eigenvalue weighted by Crippen LogP contribution is 2.36. The van der Waals surface area contributed by atoms with E-state index in [0.29, 0.717) is 11.8 Å². The fraction of sp³-hybridized carbons (Fsp3) is 0.647. The van der Waals surface area contributed by atoms with Gasteiger partial charge in [0.1, 0.15) is 0 Å². The van der Waals surface area contributed by atoms with Crippen molar-refractivity contribution >= 4 is 22.6 Å². The molecule has 3 heteroatoms. The SMILES string of the molecule is CCC1[C@@H](Cc2ccc(I)cc2)CC[C@H](CO)C[C@@H]1O. The molecule has 1 saturated carbocycles. The molecule has 1 aromatic rings. The number of rotatable bonds is 4. The first kappa shape index (κ1) is 16.2. The molecule has 2 rings (SSSR count). The van der Waals surface area contributed by atoms with Crippen LogP contribution in [0.4, 0.5) is 0 Å². The number of hydrogen-bond donors (Lipinski definition) is 2. The first-order chi connectivity index (χ1) is 9.63. The largest absolute Gasteiger partial charge is 0.396 e. The van der Waals surface area contributed by atoms with Crippen molar-refractivity contribution in [2.75, 3.05) is 6.61 Å². The summed E-state index contributed by atoms with van der Waals surface area (Å²) in [4.78, 5) is 0. The van der Waals surface area contributed by atoms with Crippen LogP contribution in [0.25, 0.3) is 0 Å². The lowest BCUT2D eigenvalue weighted by molar-refractivity contribution is 0.0567. The van der Waals surface area contributed by atoms with Gasteiger partial charge in [-0.2, -0.15) is 0 Å². The summed E-state index contributed by atoms with van der Waals surface area (Å²) >= 11 is 2.33. The molecule has 0 amide bonds. The van der Waals surface area contributed by atoms with Crippen molar-refractivity contribution in [1.29, 1.82) is 0 Å². The van der Waals surface area contributed by atoms with Gasteiger partial charge in [0.05, 0.1) is 6.10 Å². The second kappa shape index (κ2) is 7.76. The summed E-state index contributed by atoms with van der Waals surface area (Å²) in [7, 11) is 0. The van der Waals surface area contributed by atoms with E-state index in [2.05, 4.69) is 53.8 Å². The number of halogens is 1. The third kappa shape index (κ3) is 4.18. The Morgan fingerprint density at radius 3 is 2.50 bits per heavy atom. The van der Waals surface area contributed by atoms with Gasteiger partial charge >= 0.3 is 0 Å². The summed E-state index contributed by atoms with van der Waals surface area (Å²) in [6, 6.07) is 8.71. The van der Waals surface area contributed by atoms with Crippen molar-refractivity contribution in [1.82, 2.24) is 0 Å². The Hall–Kier alpha value is -0.130. The number of aliphatic hydroxyl groups excluding tert-OH is 2. The van der Waals surface area contributed by atoms with Gasteiger partial charge in [-0.1, -0.05) is 25.5 Å². The van der Waals surface area contributed by atoms with Crippen molar-refractivity contribution in [3.05, 3.63) is 33.4 Å². The van der Waals surface area contributed by atoms with Gasteiger partial charge in [-0.25, -0.2) is 0 Å². The zero-order valence-electron chi connectivity index (χ0n) is 12.1. The van der Waals surface area contributed by atoms with Crippen LogP contribution in [0.15, 0.2) is 24.3 Å². The summed E-state index contributed by atoms with van der Waals surface area (Å²) in [5.74, 6) is 1.18. The number of aliphatic hydroxyl groups is 2. The van der Waals surface area contributed by atoms with Gasteiger partial charge in [-0.3, -0.25) is 0 Å². The molecule has 1 aromatic carbocycles. The van der Waals surface area contributed by atoms with Crippen molar-refractivity contribution in [2.24, 2.45) is 17.8 Å². The Kier molecular flexibility index (Phi) is 6.30. The molecule has 0 radical (unpaired) electrons. The molecule has 0 spiro atoms. The van der Waals surface area contributed by atoms with Crippen LogP contribution in [-0.4, -0.2) is 22.9 Å². The first-order valence-electron chi connectivity index (χ1n) is 7.67. The molecule has 2 nitrogen and oxygen atoms in total. The van der Waals surface area contributed by atoms with Crippen LogP contribution in [-0.2, 0) is 6.42 Å². The molecule has 1 fully saturated rings. The second-order valence-electron chi connectivity index (χ2n) is 6.09. The highest BCUT2D eigenvalue weighted by Gasteiger charge is 2.32. The Bertz CT molecular complexity index is 404. The molecule has 112 valence electrons. The maximum absolute atomic E-state index is 10.4. The summed E-state index contributed by atoms with van der Waals surface area (Å²) in [5, 5.41) is 19.8. The predicted molar refractivity (Wildman–Crippen MR) is 90.6 cm³/mol. The van der Waals surface area contributed by atoms with Gasteiger partial charge < -0.3 is 10.2 Å². The molecular weight excluding hydrogens is 363 g/mol. The van der Waals surface area contributed by atoms with Gasteiger partial charge in [0.15, 0.2) is 0 Å². The maximum atomic E-state index is 10.4. The smallest absolute Gasteiger partial charge is 0.0574 e. The van der Waals surface area contributed by atoms with Gasteiger partial charge in [-0.05, 0) is 83.7 Å². The van der Waals surface area contributed by atoms with E-state index in [1.165, 1.54) is 9.13 Å². The van der Waals surface area contributed by atoms with Crippen molar-refractivity contribution < 1.29 is 10.2 Å². The first-order valence-corrected chi connectivity index (χ1v) is 8.75. The van der Waals surface area contributed by atoms with E-state index < -0.39 is 0 Å². The highest BCUT2D eigenvalue weighted by molar-refractivity contribution is 14.1. The van der Waals surface area contributed by atoms with E-state index in [4.69, 9.17) is 0 Å². The van der Waals surface area contributed by atoms with Crippen LogP contribution < -0.4 is 0 Å². The van der Waals surface area contributed by atoms with Crippen molar-refractivity contribution in [2.45, 2.75) is 45.1 Å². The molecule has 0 bridgehead atoms. The monoisotopic (exact) mass is 388 g/mol. The summed E-state index contributed by atoms with van der Waals surface area (Å²) in [6.45, 7) is 2.39. The molecule has 0 heterocycles. The maximum Gasteiger partial charge on any atom is 0.0574 e. The topological polar surface area (TPSA) is 40.5 Å². The summed E-state index contributed by atoms with van der Waals surface area (Å²) in [5.41, 5.74) is 1.36. The van der Waals surface area contributed by atoms with Crippen LogP contribution in [0.5, 0.6) is 0 Å². The van der Waals surface area contributed by atoms with E-state index >= 15 is 0 Å². The van der Waals surface area contributed by atoms with E-state index in [0.717, 1.165) is 32.1 Å². The van der Waals surface area contributed by atoms with Gasteiger partial charge in [-0.15, -0.1) is 0 Å². The Morgan fingerprint density at radius 2 is 1.90 bits per heavy atom. The van der Waals surface area contributed by atoms with Crippen molar-refractivity contribution in [3.63, 3.8) is 0 Å². The fourth-order valence-corrected chi connectivity index (χ4v) is 3.92. The van der Waals surface area contributed by atoms with Gasteiger partial charge in [0.2, 0.25) is 0 Å². The standard InChI is InChI=1S/C17H25IO2/c1-2-16-14(6-3-13(11-19)10-17(16)20)9-12-4-7-15(18)8-5-12/h4-5,7-8,13-14,16-17,19-20H,2-3,6,9-11H2,1H3/t13-,14+,16?,17-/m0/s1. The van der Waals surface area contributed by atoms with Gasteiger partial charge in [0, 0.05) is 10.2 Å². The molecule has 0 saturated heterocycles. The minimum Gasteiger partial charge on any atom is -0.396 e. The van der Waals surface area contributed by atoms with E-state index in [-0.39, 0.29) is 18.6 Å². The Labute approximate surface area is 135 Å². The zero-order chi connectivity index (χ0) is 14.5. The van der Waals surface area contributed by atoms with Crippen LogP contribution in [0.2, 0.25) is 0 Å². The lowest BCUT2D eigenvalue weighted by atomic mass is 9.80. The average molecular weight is 388 g/mol. The molecule has 4 atom stereocenters. The molecule has 1 unspecified atom stereocenters. The minimum atomic E-state index is -0.256. The summed E-state index contributed by atoms with van der Waals surface area (Å²) in [6.07, 6.45) is 4.73. The lowest BCUT2D eigenvalue weighted by Crippen LogP contribution is -2.28. The molecule has 2 N–H and O–H groups in total. The number of hydrogen-bond acceptors (Lipinski definition) is 2. The zero-order valence-corrected chi connectivity index (χ0v) is 14.3. The van der Waals surface area contributed by atoms with Crippen molar-refractivity contribution in [3.8, 4) is 0 Å². The second-order valence-corrected chi connectivity index (χ2v) is 7.34. The average Bonchev–Trinajstić information content (AvgIpc) is 2.60. The third-order valence-electron chi connectivity index (χ3n) is 4.76. The molecule has 20 heavy (non-hydrogen) atoms. The lowest BCUT2D eigenvalue weighted by Gasteiger charge is -2.28. The van der Waals surface area contributed by atoms with Crippen LogP contribution in [0.3, 0.4) is 0 Å². The molecule has 0 aliphatic heterocycles. The van der Waals surface area contributed by atoms with Crippen LogP contribution >= 0.6 is 22.6 Å². The quantitative estimate of drug-likeness (QED) is 0.611. The minimum absolute atomic E-state index is 0.212. The van der Waals surface area contributed by atoms with Crippen LogP contribution in [0.1, 0.15) is 38.2 Å². The Morgan fingerprint density at radius 1 is 1.20 bits per heavy atom. The molecule has 1 aliphatic rings. The number of benzene rings is 1. The predicted octanol–water partition coefficient (Wildman–Crippen LogP) is 3.63. The Balaban J connectivity index is 2.08.